The molecule has 0 aliphatic carbocycles. The van der Waals surface area contributed by atoms with E-state index < -0.39 is 0 Å². The highest BCUT2D eigenvalue weighted by Gasteiger charge is 2.33. The molecule has 3 aliphatic heterocycles. The molecule has 0 saturated carbocycles. The molecule has 5 aromatic rings. The molecule has 226 valence electrons. The van der Waals surface area contributed by atoms with Crippen molar-refractivity contribution in [2.24, 2.45) is 0 Å². The summed E-state index contributed by atoms with van der Waals surface area (Å²) in [5, 5.41) is 7.42. The van der Waals surface area contributed by atoms with Gasteiger partial charge in [0.05, 0.1) is 35.7 Å². The van der Waals surface area contributed by atoms with E-state index >= 15 is 0 Å². The molecule has 9 nitrogen and oxygen atoms in total. The van der Waals surface area contributed by atoms with Gasteiger partial charge in [-0.3, -0.25) is 4.79 Å². The average Bonchev–Trinajstić information content (AvgIpc) is 3.76. The third-order valence-electron chi connectivity index (χ3n) is 8.54. The summed E-state index contributed by atoms with van der Waals surface area (Å²) in [4.78, 5) is 29.7. The second-order valence-electron chi connectivity index (χ2n) is 11.7. The smallest absolute Gasteiger partial charge is 0.228 e. The number of thioether (sulfide) groups is 1. The van der Waals surface area contributed by atoms with E-state index in [0.29, 0.717) is 24.6 Å². The number of nitrogens with zero attached hydrogens (tertiary/aromatic N) is 5. The number of carbonyl (C=O) groups is 1. The van der Waals surface area contributed by atoms with Gasteiger partial charge in [0.1, 0.15) is 0 Å². The fraction of sp³-hybridized carbons (Fsp3) is 0.257. The number of hydrogen-bond acceptors (Lipinski definition) is 8. The number of carbonyl (C=O) groups excluding carboxylic acids is 1. The molecule has 2 bridgehead atoms. The number of imidazole rings is 1. The second-order valence-corrected chi connectivity index (χ2v) is 12.7. The number of ether oxygens (including phenoxy) is 1. The Morgan fingerprint density at radius 3 is 2.56 bits per heavy atom. The normalized spacial score (nSPS) is 18.5. The van der Waals surface area contributed by atoms with Crippen molar-refractivity contribution in [2.75, 3.05) is 34.4 Å². The molecule has 2 unspecified atom stereocenters. The largest absolute Gasteiger partial charge is 0.371 e. The quantitative estimate of drug-likeness (QED) is 0.207. The van der Waals surface area contributed by atoms with Gasteiger partial charge in [-0.05, 0) is 60.9 Å². The topological polar surface area (TPSA) is 97.2 Å². The van der Waals surface area contributed by atoms with E-state index in [9.17, 15) is 4.79 Å². The number of aromatic nitrogens is 4. The SMILES string of the molecule is O=C(Cc1ccccc1)Nc1cccc(-c2nc3n(c2-c2ccnc(Nc4ccc(N5CC6CCC(C5)O6)cc4)n2)CCS3)c1. The summed E-state index contributed by atoms with van der Waals surface area (Å²) >= 11 is 1.74. The summed E-state index contributed by atoms with van der Waals surface area (Å²) in [6.45, 7) is 2.76. The van der Waals surface area contributed by atoms with E-state index in [-0.39, 0.29) is 5.91 Å². The summed E-state index contributed by atoms with van der Waals surface area (Å²) in [7, 11) is 0. The van der Waals surface area contributed by atoms with E-state index in [1.165, 1.54) is 5.69 Å². The lowest BCUT2D eigenvalue weighted by molar-refractivity contribution is -0.115. The van der Waals surface area contributed by atoms with Crippen LogP contribution in [0.15, 0.2) is 96.3 Å². The highest BCUT2D eigenvalue weighted by molar-refractivity contribution is 7.99. The van der Waals surface area contributed by atoms with E-state index in [2.05, 4.69) is 49.4 Å². The molecule has 5 heterocycles. The number of benzene rings is 3. The third-order valence-corrected chi connectivity index (χ3v) is 9.49. The summed E-state index contributed by atoms with van der Waals surface area (Å²) in [6.07, 6.45) is 5.13. The zero-order valence-corrected chi connectivity index (χ0v) is 25.5. The van der Waals surface area contributed by atoms with Gasteiger partial charge in [-0.2, -0.15) is 0 Å². The van der Waals surface area contributed by atoms with Crippen molar-refractivity contribution in [2.45, 2.75) is 43.2 Å². The molecule has 0 radical (unpaired) electrons. The first-order valence-corrected chi connectivity index (χ1v) is 16.4. The Morgan fingerprint density at radius 1 is 0.911 bits per heavy atom. The van der Waals surface area contributed by atoms with Crippen molar-refractivity contribution in [1.82, 2.24) is 19.5 Å². The van der Waals surface area contributed by atoms with E-state index in [1.54, 1.807) is 18.0 Å². The molecule has 1 amide bonds. The van der Waals surface area contributed by atoms with E-state index in [0.717, 1.165) is 83.0 Å². The lowest BCUT2D eigenvalue weighted by Gasteiger charge is -2.33. The molecule has 3 aliphatic rings. The summed E-state index contributed by atoms with van der Waals surface area (Å²) in [6, 6.07) is 28.0. The molecule has 8 rings (SSSR count). The standard InChI is InChI=1S/C35H33N7O2S/c43-31(19-23-5-2-1-3-6-23)37-26-8-4-7-24(20-26)32-33(42-17-18-45-35(42)40-32)30-15-16-36-34(39-30)38-25-9-11-27(12-10-25)41-21-28-13-14-29(22-41)44-28/h1-12,15-16,20,28-29H,13-14,17-19,21-22H2,(H,37,43)(H,36,38,39). The van der Waals surface area contributed by atoms with Gasteiger partial charge in [-0.15, -0.1) is 0 Å². The van der Waals surface area contributed by atoms with Crippen LogP contribution in [0.1, 0.15) is 18.4 Å². The van der Waals surface area contributed by atoms with Crippen LogP contribution in [0.25, 0.3) is 22.6 Å². The zero-order valence-electron chi connectivity index (χ0n) is 24.7. The first-order chi connectivity index (χ1) is 22.1. The zero-order chi connectivity index (χ0) is 30.2. The van der Waals surface area contributed by atoms with E-state index in [1.807, 2.05) is 60.7 Å². The maximum absolute atomic E-state index is 12.8. The van der Waals surface area contributed by atoms with Gasteiger partial charge in [0.25, 0.3) is 0 Å². The third kappa shape index (κ3) is 5.91. The first-order valence-electron chi connectivity index (χ1n) is 15.4. The van der Waals surface area contributed by atoms with Gasteiger partial charge >= 0.3 is 0 Å². The number of fused-ring (bicyclic) bond motifs is 3. The Hall–Kier alpha value is -4.67. The fourth-order valence-electron chi connectivity index (χ4n) is 6.43. The van der Waals surface area contributed by atoms with Gasteiger partial charge in [-0.25, -0.2) is 15.0 Å². The molecule has 2 saturated heterocycles. The van der Waals surface area contributed by atoms with Gasteiger partial charge < -0.3 is 24.8 Å². The van der Waals surface area contributed by atoms with Crippen LogP contribution in [0.3, 0.4) is 0 Å². The van der Waals surface area contributed by atoms with Crippen LogP contribution in [-0.4, -0.2) is 56.5 Å². The van der Waals surface area contributed by atoms with Crippen LogP contribution in [0, 0.1) is 0 Å². The molecule has 0 spiro atoms. The Labute approximate surface area is 266 Å². The molecular formula is C35H33N7O2S. The first kappa shape index (κ1) is 27.8. The predicted molar refractivity (Wildman–Crippen MR) is 178 cm³/mol. The Kier molecular flexibility index (Phi) is 7.44. The minimum atomic E-state index is -0.0573. The van der Waals surface area contributed by atoms with Crippen LogP contribution in [0.5, 0.6) is 0 Å². The van der Waals surface area contributed by atoms with Gasteiger partial charge in [0.2, 0.25) is 11.9 Å². The molecule has 10 heteroatoms. The number of morpholine rings is 1. The highest BCUT2D eigenvalue weighted by Crippen LogP contribution is 2.39. The van der Waals surface area contributed by atoms with Crippen molar-refractivity contribution in [1.29, 1.82) is 0 Å². The van der Waals surface area contributed by atoms with E-state index in [4.69, 9.17) is 14.7 Å². The minimum Gasteiger partial charge on any atom is -0.371 e. The van der Waals surface area contributed by atoms with Crippen LogP contribution >= 0.6 is 11.8 Å². The Bertz CT molecular complexity index is 1830. The fourth-order valence-corrected chi connectivity index (χ4v) is 7.38. The highest BCUT2D eigenvalue weighted by atomic mass is 32.2. The number of rotatable bonds is 8. The average molecular weight is 616 g/mol. The maximum Gasteiger partial charge on any atom is 0.228 e. The summed E-state index contributed by atoms with van der Waals surface area (Å²) in [5.74, 6) is 1.44. The van der Waals surface area contributed by atoms with Crippen molar-refractivity contribution in [3.63, 3.8) is 0 Å². The monoisotopic (exact) mass is 615 g/mol. The van der Waals surface area contributed by atoms with Crippen LogP contribution in [0.4, 0.5) is 23.0 Å². The Balaban J connectivity index is 1.03. The summed E-state index contributed by atoms with van der Waals surface area (Å²) in [5.41, 5.74) is 7.36. The molecule has 2 aromatic heterocycles. The molecule has 2 N–H and O–H groups in total. The molecular weight excluding hydrogens is 582 g/mol. The number of anilines is 4. The van der Waals surface area contributed by atoms with Gasteiger partial charge in [0, 0.05) is 54.2 Å². The lowest BCUT2D eigenvalue weighted by Crippen LogP contribution is -2.42. The van der Waals surface area contributed by atoms with Gasteiger partial charge in [-0.1, -0.05) is 54.2 Å². The minimum absolute atomic E-state index is 0.0573. The van der Waals surface area contributed by atoms with Crippen LogP contribution in [-0.2, 0) is 22.5 Å². The number of amides is 1. The molecule has 2 fully saturated rings. The maximum atomic E-state index is 12.8. The molecule has 2 atom stereocenters. The predicted octanol–water partition coefficient (Wildman–Crippen LogP) is 6.41. The van der Waals surface area contributed by atoms with Crippen LogP contribution in [0.2, 0.25) is 0 Å². The van der Waals surface area contributed by atoms with Crippen molar-refractivity contribution in [3.8, 4) is 22.6 Å². The summed E-state index contributed by atoms with van der Waals surface area (Å²) < 4.78 is 8.24. The van der Waals surface area contributed by atoms with Gasteiger partial charge in [0.15, 0.2) is 5.16 Å². The lowest BCUT2D eigenvalue weighted by atomic mass is 10.1. The van der Waals surface area contributed by atoms with Crippen molar-refractivity contribution >= 4 is 40.7 Å². The van der Waals surface area contributed by atoms with Crippen molar-refractivity contribution < 1.29 is 9.53 Å². The second kappa shape index (κ2) is 12.0. The molecule has 3 aromatic carbocycles. The Morgan fingerprint density at radius 2 is 1.73 bits per heavy atom. The number of nitrogens with one attached hydrogen (secondary N) is 2. The molecule has 45 heavy (non-hydrogen) atoms. The van der Waals surface area contributed by atoms with Crippen molar-refractivity contribution in [3.05, 3.63) is 96.7 Å². The number of hydrogen-bond donors (Lipinski definition) is 2. The van der Waals surface area contributed by atoms with Crippen LogP contribution < -0.4 is 15.5 Å².